The maximum absolute atomic E-state index is 12.8. The Morgan fingerprint density at radius 3 is 2.12 bits per heavy atom. The Morgan fingerprint density at radius 1 is 1.03 bits per heavy atom. The molecule has 0 bridgehead atoms. The predicted octanol–water partition coefficient (Wildman–Crippen LogP) is 4.71. The second kappa shape index (κ2) is 9.75. The standard InChI is InChI=1S/C26H36N2O3S/c1-19-6-8-21(9-7-19)18-32(30,31)28-16-14-23(15-17-28)25(29)27-20(2)22-10-12-24(13-11-22)26(3,4)5/h6-13,20,23H,14-18H2,1-5H3,(H,27,29)/t20-/m0/s1. The molecule has 1 heterocycles. The number of amides is 1. The Bertz CT molecular complexity index is 1010. The minimum Gasteiger partial charge on any atom is -0.349 e. The van der Waals surface area contributed by atoms with Crippen LogP contribution in [0.15, 0.2) is 48.5 Å². The number of hydrogen-bond donors (Lipinski definition) is 1. The summed E-state index contributed by atoms with van der Waals surface area (Å²) in [4.78, 5) is 12.8. The van der Waals surface area contributed by atoms with Crippen molar-refractivity contribution in [1.82, 2.24) is 9.62 Å². The van der Waals surface area contributed by atoms with Crippen LogP contribution in [-0.2, 0) is 26.0 Å². The lowest BCUT2D eigenvalue weighted by Crippen LogP contribution is -2.43. The Balaban J connectivity index is 1.53. The smallest absolute Gasteiger partial charge is 0.223 e. The van der Waals surface area contributed by atoms with Gasteiger partial charge in [0.1, 0.15) is 0 Å². The van der Waals surface area contributed by atoms with Crippen LogP contribution in [0.3, 0.4) is 0 Å². The summed E-state index contributed by atoms with van der Waals surface area (Å²) in [5.41, 5.74) is 4.33. The first kappa shape index (κ1) is 24.5. The van der Waals surface area contributed by atoms with E-state index >= 15 is 0 Å². The summed E-state index contributed by atoms with van der Waals surface area (Å²) in [5.74, 6) is -0.142. The molecule has 1 N–H and O–H groups in total. The lowest BCUT2D eigenvalue weighted by Gasteiger charge is -2.31. The lowest BCUT2D eigenvalue weighted by molar-refractivity contribution is -0.126. The molecule has 0 unspecified atom stereocenters. The largest absolute Gasteiger partial charge is 0.349 e. The third kappa shape index (κ3) is 6.20. The number of sulfonamides is 1. The van der Waals surface area contributed by atoms with Gasteiger partial charge in [0.2, 0.25) is 15.9 Å². The van der Waals surface area contributed by atoms with Crippen LogP contribution in [0.2, 0.25) is 0 Å². The summed E-state index contributed by atoms with van der Waals surface area (Å²) in [6.45, 7) is 11.3. The maximum Gasteiger partial charge on any atom is 0.223 e. The van der Waals surface area contributed by atoms with Crippen molar-refractivity contribution in [1.29, 1.82) is 0 Å². The summed E-state index contributed by atoms with van der Waals surface area (Å²) < 4.78 is 27.1. The molecule has 3 rings (SSSR count). The van der Waals surface area contributed by atoms with E-state index in [0.717, 1.165) is 16.7 Å². The fourth-order valence-electron chi connectivity index (χ4n) is 4.07. The molecule has 1 fully saturated rings. The van der Waals surface area contributed by atoms with Gasteiger partial charge in [-0.05, 0) is 48.8 Å². The van der Waals surface area contributed by atoms with Gasteiger partial charge in [0.25, 0.3) is 0 Å². The molecule has 174 valence electrons. The van der Waals surface area contributed by atoms with E-state index in [0.29, 0.717) is 25.9 Å². The third-order valence-electron chi connectivity index (χ3n) is 6.32. The molecule has 32 heavy (non-hydrogen) atoms. The quantitative estimate of drug-likeness (QED) is 0.684. The molecule has 1 aliphatic heterocycles. The number of piperidine rings is 1. The lowest BCUT2D eigenvalue weighted by atomic mass is 9.86. The minimum atomic E-state index is -3.38. The first-order valence-electron chi connectivity index (χ1n) is 11.4. The first-order chi connectivity index (χ1) is 15.0. The zero-order valence-corrected chi connectivity index (χ0v) is 20.7. The molecule has 2 aromatic carbocycles. The predicted molar refractivity (Wildman–Crippen MR) is 130 cm³/mol. The Labute approximate surface area is 193 Å². The van der Waals surface area contributed by atoms with Crippen LogP contribution in [0.5, 0.6) is 0 Å². The van der Waals surface area contributed by atoms with Crippen LogP contribution in [-0.4, -0.2) is 31.7 Å². The molecule has 0 saturated carbocycles. The topological polar surface area (TPSA) is 66.5 Å². The van der Waals surface area contributed by atoms with Crippen molar-refractivity contribution >= 4 is 15.9 Å². The average Bonchev–Trinajstić information content (AvgIpc) is 2.75. The highest BCUT2D eigenvalue weighted by molar-refractivity contribution is 7.88. The molecular weight excluding hydrogens is 420 g/mol. The van der Waals surface area contributed by atoms with E-state index in [-0.39, 0.29) is 29.0 Å². The van der Waals surface area contributed by atoms with Crippen LogP contribution in [0.1, 0.15) is 68.8 Å². The van der Waals surface area contributed by atoms with Crippen molar-refractivity contribution in [2.24, 2.45) is 5.92 Å². The second-order valence-corrected chi connectivity index (χ2v) is 12.0. The van der Waals surface area contributed by atoms with Gasteiger partial charge in [0.05, 0.1) is 11.8 Å². The van der Waals surface area contributed by atoms with Gasteiger partial charge in [0, 0.05) is 19.0 Å². The summed E-state index contributed by atoms with van der Waals surface area (Å²) >= 11 is 0. The fraction of sp³-hybridized carbons (Fsp3) is 0.500. The number of carbonyl (C=O) groups excluding carboxylic acids is 1. The van der Waals surface area contributed by atoms with Gasteiger partial charge in [-0.25, -0.2) is 12.7 Å². The molecule has 1 atom stereocenters. The van der Waals surface area contributed by atoms with Crippen molar-refractivity contribution in [2.45, 2.75) is 64.7 Å². The Hall–Kier alpha value is -2.18. The molecule has 0 radical (unpaired) electrons. The molecule has 2 aromatic rings. The molecule has 1 amide bonds. The highest BCUT2D eigenvalue weighted by atomic mass is 32.2. The van der Waals surface area contributed by atoms with E-state index in [1.54, 1.807) is 0 Å². The van der Waals surface area contributed by atoms with Gasteiger partial charge in [-0.2, -0.15) is 0 Å². The number of nitrogens with one attached hydrogen (secondary N) is 1. The van der Waals surface area contributed by atoms with E-state index in [2.05, 4.69) is 50.4 Å². The number of aryl methyl sites for hydroxylation is 1. The van der Waals surface area contributed by atoms with Crippen molar-refractivity contribution in [3.63, 3.8) is 0 Å². The van der Waals surface area contributed by atoms with Crippen molar-refractivity contribution in [3.8, 4) is 0 Å². The third-order valence-corrected chi connectivity index (χ3v) is 8.17. The van der Waals surface area contributed by atoms with Crippen molar-refractivity contribution < 1.29 is 13.2 Å². The molecule has 1 saturated heterocycles. The number of carbonyl (C=O) groups is 1. The molecule has 0 aromatic heterocycles. The summed E-state index contributed by atoms with van der Waals surface area (Å²) in [6.07, 6.45) is 1.10. The van der Waals surface area contributed by atoms with Crippen LogP contribution in [0.4, 0.5) is 0 Å². The number of nitrogens with zero attached hydrogens (tertiary/aromatic N) is 1. The van der Waals surface area contributed by atoms with Crippen LogP contribution in [0, 0.1) is 12.8 Å². The minimum absolute atomic E-state index is 0.00569. The summed E-state index contributed by atoms with van der Waals surface area (Å²) in [7, 11) is -3.38. The summed E-state index contributed by atoms with van der Waals surface area (Å²) in [6, 6.07) is 15.9. The molecule has 1 aliphatic rings. The van der Waals surface area contributed by atoms with Crippen LogP contribution >= 0.6 is 0 Å². The second-order valence-electron chi connectivity index (χ2n) is 10.0. The monoisotopic (exact) mass is 456 g/mol. The SMILES string of the molecule is Cc1ccc(CS(=O)(=O)N2CCC(C(=O)N[C@@H](C)c3ccc(C(C)(C)C)cc3)CC2)cc1. The van der Waals surface area contributed by atoms with Crippen LogP contribution in [0.25, 0.3) is 0 Å². The molecule has 6 heteroatoms. The van der Waals surface area contributed by atoms with Crippen molar-refractivity contribution in [3.05, 3.63) is 70.8 Å². The number of benzene rings is 2. The van der Waals surface area contributed by atoms with Gasteiger partial charge in [-0.3, -0.25) is 4.79 Å². The zero-order chi connectivity index (χ0) is 23.5. The molecule has 0 spiro atoms. The van der Waals surface area contributed by atoms with Gasteiger partial charge >= 0.3 is 0 Å². The fourth-order valence-corrected chi connectivity index (χ4v) is 5.63. The molecular formula is C26H36N2O3S. The highest BCUT2D eigenvalue weighted by Crippen LogP contribution is 2.25. The number of hydrogen-bond acceptors (Lipinski definition) is 3. The molecule has 0 aliphatic carbocycles. The van der Waals surface area contributed by atoms with E-state index in [4.69, 9.17) is 0 Å². The van der Waals surface area contributed by atoms with Gasteiger partial charge in [-0.15, -0.1) is 0 Å². The average molecular weight is 457 g/mol. The van der Waals surface area contributed by atoms with E-state index in [1.165, 1.54) is 9.87 Å². The van der Waals surface area contributed by atoms with E-state index in [1.807, 2.05) is 38.1 Å². The summed E-state index contributed by atoms with van der Waals surface area (Å²) in [5, 5.41) is 3.12. The van der Waals surface area contributed by atoms with Gasteiger partial charge in [0.15, 0.2) is 0 Å². The Morgan fingerprint density at radius 2 is 1.59 bits per heavy atom. The van der Waals surface area contributed by atoms with Gasteiger partial charge < -0.3 is 5.32 Å². The highest BCUT2D eigenvalue weighted by Gasteiger charge is 2.31. The Kier molecular flexibility index (Phi) is 7.46. The number of rotatable bonds is 6. The maximum atomic E-state index is 12.8. The zero-order valence-electron chi connectivity index (χ0n) is 19.9. The van der Waals surface area contributed by atoms with Crippen LogP contribution < -0.4 is 5.32 Å². The molecule has 5 nitrogen and oxygen atoms in total. The normalized spacial score (nSPS) is 17.2. The van der Waals surface area contributed by atoms with E-state index in [9.17, 15) is 13.2 Å². The van der Waals surface area contributed by atoms with Gasteiger partial charge in [-0.1, -0.05) is 74.9 Å². The van der Waals surface area contributed by atoms with E-state index < -0.39 is 10.0 Å². The first-order valence-corrected chi connectivity index (χ1v) is 13.0. The van der Waals surface area contributed by atoms with Crippen molar-refractivity contribution in [2.75, 3.05) is 13.1 Å².